The highest BCUT2D eigenvalue weighted by molar-refractivity contribution is 7.20. The van der Waals surface area contributed by atoms with Crippen LogP contribution < -0.4 is 16.6 Å². The first-order valence-electron chi connectivity index (χ1n) is 9.31. The molecule has 0 radical (unpaired) electrons. The van der Waals surface area contributed by atoms with E-state index in [0.717, 1.165) is 24.4 Å². The summed E-state index contributed by atoms with van der Waals surface area (Å²) in [6.07, 6.45) is 0. The quantitative estimate of drug-likeness (QED) is 0.638. The summed E-state index contributed by atoms with van der Waals surface area (Å²) in [7, 11) is 0. The maximum absolute atomic E-state index is 13.0. The Morgan fingerprint density at radius 1 is 1.18 bits per heavy atom. The molecule has 0 fully saturated rings. The van der Waals surface area contributed by atoms with Crippen molar-refractivity contribution in [2.24, 2.45) is 0 Å². The first-order valence-corrected chi connectivity index (χ1v) is 10.1. The summed E-state index contributed by atoms with van der Waals surface area (Å²) in [6, 6.07) is 9.12. The van der Waals surface area contributed by atoms with Crippen LogP contribution in [0.15, 0.2) is 39.9 Å². The maximum atomic E-state index is 13.0. The number of carbonyl (C=O) groups is 1. The number of anilines is 1. The third-order valence-corrected chi connectivity index (χ3v) is 6.05. The zero-order chi connectivity index (χ0) is 20.3. The summed E-state index contributed by atoms with van der Waals surface area (Å²) in [5, 5.41) is 3.23. The number of thiophene rings is 1. The van der Waals surface area contributed by atoms with Crippen molar-refractivity contribution in [1.82, 2.24) is 14.5 Å². The minimum absolute atomic E-state index is 0.292. The van der Waals surface area contributed by atoms with Crippen LogP contribution in [0, 0.1) is 6.92 Å². The first kappa shape index (κ1) is 20.0. The molecule has 1 amide bonds. The van der Waals surface area contributed by atoms with Crippen molar-refractivity contribution in [2.75, 3.05) is 25.0 Å². The van der Waals surface area contributed by atoms with Gasteiger partial charge >= 0.3 is 5.69 Å². The third kappa shape index (κ3) is 3.93. The van der Waals surface area contributed by atoms with Crippen LogP contribution in [0.2, 0.25) is 0 Å². The van der Waals surface area contributed by atoms with Gasteiger partial charge in [-0.25, -0.2) is 4.79 Å². The summed E-state index contributed by atoms with van der Waals surface area (Å²) in [5.74, 6) is -0.292. The number of nitrogens with zero attached hydrogens (tertiary/aromatic N) is 2. The third-order valence-electron chi connectivity index (χ3n) is 4.84. The molecule has 2 heterocycles. The first-order chi connectivity index (χ1) is 13.5. The molecule has 0 aliphatic rings. The van der Waals surface area contributed by atoms with Gasteiger partial charge in [-0.3, -0.25) is 19.1 Å². The molecule has 0 aliphatic carbocycles. The Bertz CT molecular complexity index is 1090. The van der Waals surface area contributed by atoms with E-state index in [-0.39, 0.29) is 11.5 Å². The van der Waals surface area contributed by atoms with Crippen LogP contribution in [0.4, 0.5) is 5.69 Å². The molecule has 148 valence electrons. The second-order valence-corrected chi connectivity index (χ2v) is 7.51. The molecular weight excluding hydrogens is 376 g/mol. The molecule has 8 heteroatoms. The van der Waals surface area contributed by atoms with Crippen LogP contribution in [0.3, 0.4) is 0 Å². The summed E-state index contributed by atoms with van der Waals surface area (Å²) >= 11 is 1.13. The molecule has 0 saturated carbocycles. The molecule has 0 bridgehead atoms. The summed E-state index contributed by atoms with van der Waals surface area (Å²) < 4.78 is 1.22. The molecule has 3 aromatic rings. The van der Waals surface area contributed by atoms with Crippen LogP contribution in [-0.2, 0) is 6.54 Å². The van der Waals surface area contributed by atoms with Crippen molar-refractivity contribution in [1.29, 1.82) is 0 Å². The molecule has 2 N–H and O–H groups in total. The topological polar surface area (TPSA) is 87.2 Å². The number of para-hydroxylation sites is 1. The summed E-state index contributed by atoms with van der Waals surface area (Å²) in [6.45, 7) is 8.46. The van der Waals surface area contributed by atoms with E-state index in [2.05, 4.69) is 15.2 Å². The number of aromatic nitrogens is 2. The van der Waals surface area contributed by atoms with E-state index >= 15 is 0 Å². The van der Waals surface area contributed by atoms with Gasteiger partial charge in [-0.1, -0.05) is 32.0 Å². The van der Waals surface area contributed by atoms with Gasteiger partial charge in [0.1, 0.15) is 4.83 Å². The number of amides is 1. The standard InChI is InChI=1S/C20H24N4O3S/c1-4-23(5-2)11-12-24-19(26)15-13(3)16(28-18(15)22-20(24)27)17(25)21-14-9-7-6-8-10-14/h6-10H,4-5,11-12H2,1-3H3,(H,21,25)(H,22,27). The zero-order valence-corrected chi connectivity index (χ0v) is 17.1. The number of fused-ring (bicyclic) bond motifs is 1. The van der Waals surface area contributed by atoms with Crippen molar-refractivity contribution in [3.63, 3.8) is 0 Å². The molecule has 0 saturated heterocycles. The zero-order valence-electron chi connectivity index (χ0n) is 16.2. The van der Waals surface area contributed by atoms with Crippen molar-refractivity contribution in [3.8, 4) is 0 Å². The predicted octanol–water partition coefficient (Wildman–Crippen LogP) is 2.65. The fourth-order valence-corrected chi connectivity index (χ4v) is 4.24. The van der Waals surface area contributed by atoms with Gasteiger partial charge in [0.05, 0.1) is 10.3 Å². The molecule has 1 aromatic carbocycles. The number of H-pyrrole nitrogens is 1. The Hall–Kier alpha value is -2.71. The average Bonchev–Trinajstić information content (AvgIpc) is 3.02. The average molecular weight is 401 g/mol. The largest absolute Gasteiger partial charge is 0.329 e. The van der Waals surface area contributed by atoms with Crippen LogP contribution in [-0.4, -0.2) is 40.0 Å². The van der Waals surface area contributed by atoms with E-state index in [1.165, 1.54) is 4.57 Å². The summed E-state index contributed by atoms with van der Waals surface area (Å²) in [5.41, 5.74) is 0.472. The van der Waals surface area contributed by atoms with Crippen LogP contribution in [0.25, 0.3) is 10.2 Å². The number of benzene rings is 1. The van der Waals surface area contributed by atoms with Gasteiger partial charge in [-0.05, 0) is 37.7 Å². The molecule has 3 rings (SSSR count). The number of nitrogens with one attached hydrogen (secondary N) is 2. The fourth-order valence-electron chi connectivity index (χ4n) is 3.16. The van der Waals surface area contributed by atoms with E-state index in [9.17, 15) is 14.4 Å². The lowest BCUT2D eigenvalue weighted by Crippen LogP contribution is -2.39. The molecule has 0 atom stereocenters. The number of aromatic amines is 1. The van der Waals surface area contributed by atoms with Gasteiger partial charge < -0.3 is 10.2 Å². The highest BCUT2D eigenvalue weighted by Crippen LogP contribution is 2.27. The Kier molecular flexibility index (Phi) is 6.11. The second-order valence-electron chi connectivity index (χ2n) is 6.49. The minimum atomic E-state index is -0.444. The Labute approximate surface area is 166 Å². The highest BCUT2D eigenvalue weighted by Gasteiger charge is 2.20. The molecule has 7 nitrogen and oxygen atoms in total. The van der Waals surface area contributed by atoms with E-state index in [1.54, 1.807) is 19.1 Å². The van der Waals surface area contributed by atoms with Gasteiger partial charge in [-0.15, -0.1) is 11.3 Å². The van der Waals surface area contributed by atoms with Gasteiger partial charge in [-0.2, -0.15) is 0 Å². The number of likely N-dealkylation sites (N-methyl/N-ethyl adjacent to an activating group) is 1. The van der Waals surface area contributed by atoms with Gasteiger partial charge in [0, 0.05) is 18.8 Å². The predicted molar refractivity (Wildman–Crippen MR) is 114 cm³/mol. The SMILES string of the molecule is CCN(CC)CCn1c(=O)[nH]c2sc(C(=O)Nc3ccccc3)c(C)c2c1=O. The van der Waals surface area contributed by atoms with Crippen molar-refractivity contribution in [3.05, 3.63) is 61.6 Å². The Morgan fingerprint density at radius 3 is 2.50 bits per heavy atom. The normalized spacial score (nSPS) is 11.3. The van der Waals surface area contributed by atoms with Gasteiger partial charge in [0.2, 0.25) is 0 Å². The Morgan fingerprint density at radius 2 is 1.86 bits per heavy atom. The molecule has 0 aliphatic heterocycles. The van der Waals surface area contributed by atoms with Crippen LogP contribution in [0.1, 0.15) is 29.1 Å². The van der Waals surface area contributed by atoms with Gasteiger partial charge in [0.15, 0.2) is 0 Å². The molecular formula is C20H24N4O3S. The lowest BCUT2D eigenvalue weighted by Gasteiger charge is -2.17. The fraction of sp³-hybridized carbons (Fsp3) is 0.350. The van der Waals surface area contributed by atoms with Gasteiger partial charge in [0.25, 0.3) is 11.5 Å². The number of aryl methyl sites for hydroxylation is 1. The Balaban J connectivity index is 1.97. The molecule has 0 unspecified atom stereocenters. The second kappa shape index (κ2) is 8.53. The highest BCUT2D eigenvalue weighted by atomic mass is 32.1. The lowest BCUT2D eigenvalue weighted by atomic mass is 10.2. The smallest absolute Gasteiger partial charge is 0.321 e. The van der Waals surface area contributed by atoms with Crippen molar-refractivity contribution < 1.29 is 4.79 Å². The molecule has 2 aromatic heterocycles. The van der Waals surface area contributed by atoms with Crippen molar-refractivity contribution >= 4 is 33.1 Å². The summed E-state index contributed by atoms with van der Waals surface area (Å²) in [4.78, 5) is 43.8. The number of rotatable bonds is 7. The maximum Gasteiger partial charge on any atom is 0.329 e. The number of hydrogen-bond donors (Lipinski definition) is 2. The number of carbonyl (C=O) groups excluding carboxylic acids is 1. The van der Waals surface area contributed by atoms with E-state index in [4.69, 9.17) is 0 Å². The number of hydrogen-bond acceptors (Lipinski definition) is 5. The lowest BCUT2D eigenvalue weighted by molar-refractivity contribution is 0.103. The van der Waals surface area contributed by atoms with E-state index < -0.39 is 5.69 Å². The molecule has 28 heavy (non-hydrogen) atoms. The van der Waals surface area contributed by atoms with E-state index in [0.29, 0.717) is 39.4 Å². The van der Waals surface area contributed by atoms with Crippen LogP contribution >= 0.6 is 11.3 Å². The van der Waals surface area contributed by atoms with Crippen LogP contribution in [0.5, 0.6) is 0 Å². The van der Waals surface area contributed by atoms with E-state index in [1.807, 2.05) is 32.0 Å². The molecule has 0 spiro atoms. The monoisotopic (exact) mass is 400 g/mol. The van der Waals surface area contributed by atoms with Crippen molar-refractivity contribution in [2.45, 2.75) is 27.3 Å². The minimum Gasteiger partial charge on any atom is -0.321 e.